The number of hydrogen-bond acceptors (Lipinski definition) is 3. The van der Waals surface area contributed by atoms with E-state index >= 15 is 0 Å². The maximum atomic E-state index is 12.0. The van der Waals surface area contributed by atoms with Gasteiger partial charge in [0, 0.05) is 25.4 Å². The van der Waals surface area contributed by atoms with Gasteiger partial charge in [-0.25, -0.2) is 0 Å². The largest absolute Gasteiger partial charge is 0.354 e. The Hall–Kier alpha value is -1.07. The molecule has 1 amide bonds. The molecule has 1 aliphatic rings. The average Bonchev–Trinajstić information content (AvgIpc) is 2.83. The summed E-state index contributed by atoms with van der Waals surface area (Å²) in [5, 5.41) is 10.1. The molecule has 18 heavy (non-hydrogen) atoms. The number of aryl methyl sites for hydroxylation is 1. The molecule has 1 aromatic heterocycles. The summed E-state index contributed by atoms with van der Waals surface area (Å²) in [6.07, 6.45) is 4.82. The second-order valence-electron chi connectivity index (χ2n) is 4.89. The number of halogens is 1. The SMILES string of the molecule is CNC(C(=O)NCC1CC1C)c1cnn(C)c1.Cl. The molecule has 0 radical (unpaired) electrons. The molecular weight excluding hydrogens is 252 g/mol. The number of nitrogens with zero attached hydrogens (tertiary/aromatic N) is 2. The van der Waals surface area contributed by atoms with E-state index in [1.807, 2.05) is 13.2 Å². The first-order valence-corrected chi connectivity index (χ1v) is 6.05. The fraction of sp³-hybridized carbons (Fsp3) is 0.667. The monoisotopic (exact) mass is 272 g/mol. The third-order valence-corrected chi connectivity index (χ3v) is 3.42. The Morgan fingerprint density at radius 3 is 2.78 bits per heavy atom. The van der Waals surface area contributed by atoms with E-state index in [1.54, 1.807) is 17.9 Å². The van der Waals surface area contributed by atoms with Crippen LogP contribution in [-0.2, 0) is 11.8 Å². The standard InChI is InChI=1S/C12H20N4O.ClH/c1-8-4-9(8)5-14-12(17)11(13-2)10-6-15-16(3)7-10;/h6-9,11,13H,4-5H2,1-3H3,(H,14,17);1H. The fourth-order valence-electron chi connectivity index (χ4n) is 2.06. The predicted molar refractivity (Wildman–Crippen MR) is 72.5 cm³/mol. The molecule has 0 aliphatic heterocycles. The van der Waals surface area contributed by atoms with Crippen LogP contribution in [0.2, 0.25) is 0 Å². The summed E-state index contributed by atoms with van der Waals surface area (Å²) in [6, 6.07) is -0.308. The summed E-state index contributed by atoms with van der Waals surface area (Å²) in [6.45, 7) is 3.01. The number of rotatable bonds is 5. The van der Waals surface area contributed by atoms with Crippen molar-refractivity contribution in [1.82, 2.24) is 20.4 Å². The second-order valence-corrected chi connectivity index (χ2v) is 4.89. The van der Waals surface area contributed by atoms with Crippen molar-refractivity contribution in [3.63, 3.8) is 0 Å². The van der Waals surface area contributed by atoms with Gasteiger partial charge in [0.05, 0.1) is 6.20 Å². The van der Waals surface area contributed by atoms with Crippen molar-refractivity contribution in [2.45, 2.75) is 19.4 Å². The molecule has 1 fully saturated rings. The molecule has 0 aromatic carbocycles. The van der Waals surface area contributed by atoms with Crippen LogP contribution < -0.4 is 10.6 Å². The van der Waals surface area contributed by atoms with Crippen LogP contribution in [0.4, 0.5) is 0 Å². The van der Waals surface area contributed by atoms with E-state index in [2.05, 4.69) is 22.7 Å². The highest BCUT2D eigenvalue weighted by Gasteiger charge is 2.33. The van der Waals surface area contributed by atoms with Gasteiger partial charge in [0.25, 0.3) is 0 Å². The van der Waals surface area contributed by atoms with E-state index in [0.717, 1.165) is 18.0 Å². The lowest BCUT2D eigenvalue weighted by atomic mass is 10.1. The molecule has 1 aromatic rings. The molecule has 102 valence electrons. The van der Waals surface area contributed by atoms with Crippen LogP contribution in [0.15, 0.2) is 12.4 Å². The van der Waals surface area contributed by atoms with Gasteiger partial charge in [-0.05, 0) is 25.3 Å². The minimum atomic E-state index is -0.308. The molecule has 0 bridgehead atoms. The van der Waals surface area contributed by atoms with E-state index in [-0.39, 0.29) is 24.4 Å². The van der Waals surface area contributed by atoms with Crippen LogP contribution >= 0.6 is 12.4 Å². The van der Waals surface area contributed by atoms with E-state index in [4.69, 9.17) is 0 Å². The first-order valence-electron chi connectivity index (χ1n) is 6.05. The van der Waals surface area contributed by atoms with Gasteiger partial charge in [0.15, 0.2) is 0 Å². The summed E-state index contributed by atoms with van der Waals surface area (Å²) in [5.74, 6) is 1.46. The lowest BCUT2D eigenvalue weighted by Crippen LogP contribution is -2.37. The zero-order valence-electron chi connectivity index (χ0n) is 11.0. The van der Waals surface area contributed by atoms with Crippen molar-refractivity contribution >= 4 is 18.3 Å². The van der Waals surface area contributed by atoms with Gasteiger partial charge in [-0.1, -0.05) is 6.92 Å². The van der Waals surface area contributed by atoms with Crippen LogP contribution in [0.5, 0.6) is 0 Å². The van der Waals surface area contributed by atoms with Crippen LogP contribution in [0.1, 0.15) is 24.9 Å². The Morgan fingerprint density at radius 2 is 2.33 bits per heavy atom. The van der Waals surface area contributed by atoms with Gasteiger partial charge in [-0.2, -0.15) is 5.10 Å². The van der Waals surface area contributed by atoms with Gasteiger partial charge < -0.3 is 10.6 Å². The molecule has 2 rings (SSSR count). The first-order chi connectivity index (χ1) is 8.11. The Morgan fingerprint density at radius 1 is 1.67 bits per heavy atom. The fourth-order valence-corrected chi connectivity index (χ4v) is 2.06. The number of hydrogen-bond donors (Lipinski definition) is 2. The molecule has 1 saturated carbocycles. The number of carbonyl (C=O) groups is 1. The zero-order chi connectivity index (χ0) is 12.4. The molecule has 2 N–H and O–H groups in total. The van der Waals surface area contributed by atoms with Gasteiger partial charge >= 0.3 is 0 Å². The zero-order valence-corrected chi connectivity index (χ0v) is 11.8. The number of likely N-dealkylation sites (N-methyl/N-ethyl adjacent to an activating group) is 1. The van der Waals surface area contributed by atoms with Gasteiger partial charge in [-0.15, -0.1) is 12.4 Å². The average molecular weight is 273 g/mol. The van der Waals surface area contributed by atoms with E-state index in [9.17, 15) is 4.79 Å². The Kier molecular flexibility index (Phi) is 5.16. The number of aromatic nitrogens is 2. The maximum Gasteiger partial charge on any atom is 0.241 e. The highest BCUT2D eigenvalue weighted by atomic mass is 35.5. The van der Waals surface area contributed by atoms with Gasteiger partial charge in [0.1, 0.15) is 6.04 Å². The predicted octanol–water partition coefficient (Wildman–Crippen LogP) is 0.875. The molecule has 1 aliphatic carbocycles. The van der Waals surface area contributed by atoms with Crippen molar-refractivity contribution in [3.8, 4) is 0 Å². The molecule has 0 spiro atoms. The highest BCUT2D eigenvalue weighted by molar-refractivity contribution is 5.85. The summed E-state index contributed by atoms with van der Waals surface area (Å²) in [4.78, 5) is 12.0. The van der Waals surface area contributed by atoms with Crippen molar-refractivity contribution < 1.29 is 4.79 Å². The molecule has 6 heteroatoms. The van der Waals surface area contributed by atoms with Crippen LogP contribution in [0.3, 0.4) is 0 Å². The Labute approximate surface area is 114 Å². The molecule has 5 nitrogen and oxygen atoms in total. The summed E-state index contributed by atoms with van der Waals surface area (Å²) in [7, 11) is 3.64. The van der Waals surface area contributed by atoms with Gasteiger partial charge in [0.2, 0.25) is 5.91 Å². The van der Waals surface area contributed by atoms with Gasteiger partial charge in [-0.3, -0.25) is 9.48 Å². The van der Waals surface area contributed by atoms with Crippen LogP contribution in [0.25, 0.3) is 0 Å². The molecule has 1 heterocycles. The second kappa shape index (κ2) is 6.20. The topological polar surface area (TPSA) is 59.0 Å². The summed E-state index contributed by atoms with van der Waals surface area (Å²) in [5.41, 5.74) is 0.899. The van der Waals surface area contributed by atoms with Crippen molar-refractivity contribution in [3.05, 3.63) is 18.0 Å². The Balaban J connectivity index is 0.00000162. The Bertz CT molecular complexity index is 407. The third kappa shape index (κ3) is 3.46. The molecule has 0 saturated heterocycles. The number of carbonyl (C=O) groups excluding carboxylic acids is 1. The van der Waals surface area contributed by atoms with E-state index in [1.165, 1.54) is 6.42 Å². The van der Waals surface area contributed by atoms with Crippen molar-refractivity contribution in [2.24, 2.45) is 18.9 Å². The van der Waals surface area contributed by atoms with E-state index in [0.29, 0.717) is 5.92 Å². The summed E-state index contributed by atoms with van der Waals surface area (Å²) < 4.78 is 1.70. The lowest BCUT2D eigenvalue weighted by molar-refractivity contribution is -0.123. The number of nitrogens with one attached hydrogen (secondary N) is 2. The minimum absolute atomic E-state index is 0. The van der Waals surface area contributed by atoms with Crippen molar-refractivity contribution in [2.75, 3.05) is 13.6 Å². The lowest BCUT2D eigenvalue weighted by Gasteiger charge is -2.14. The molecule has 3 atom stereocenters. The number of amides is 1. The van der Waals surface area contributed by atoms with Crippen LogP contribution in [0, 0.1) is 11.8 Å². The quantitative estimate of drug-likeness (QED) is 0.836. The highest BCUT2D eigenvalue weighted by Crippen LogP contribution is 2.36. The maximum absolute atomic E-state index is 12.0. The van der Waals surface area contributed by atoms with Crippen molar-refractivity contribution in [1.29, 1.82) is 0 Å². The van der Waals surface area contributed by atoms with Crippen LogP contribution in [-0.4, -0.2) is 29.3 Å². The molecule has 3 unspecified atom stereocenters. The summed E-state index contributed by atoms with van der Waals surface area (Å²) >= 11 is 0. The third-order valence-electron chi connectivity index (χ3n) is 3.42. The normalized spacial score (nSPS) is 23.1. The minimum Gasteiger partial charge on any atom is -0.354 e. The first kappa shape index (κ1) is 15.0. The van der Waals surface area contributed by atoms with E-state index < -0.39 is 0 Å². The molecular formula is C12H21ClN4O. The smallest absolute Gasteiger partial charge is 0.241 e.